The number of fused-ring (bicyclic) bond motifs is 2. The lowest BCUT2D eigenvalue weighted by Gasteiger charge is -2.19. The summed E-state index contributed by atoms with van der Waals surface area (Å²) in [6.45, 7) is 7.56. The zero-order valence-electron chi connectivity index (χ0n) is 27.7. The van der Waals surface area contributed by atoms with E-state index in [1.165, 1.54) is 67.1 Å². The van der Waals surface area contributed by atoms with Crippen molar-refractivity contribution in [3.63, 3.8) is 0 Å². The molecule has 0 aliphatic carbocycles. The first-order valence-corrected chi connectivity index (χ1v) is 16.8. The van der Waals surface area contributed by atoms with Gasteiger partial charge < -0.3 is 9.47 Å². The number of hydrogen-bond acceptors (Lipinski definition) is 4. The standard InChI is InChI=1S/C45H40O4/c1-3-42(46)48-28-12-6-9-13-32-18-23-37(24-19-32)45-39-17-11-10-16-38(39)44(36-25-20-34(21-26-36)31-49-43(47)4-2)40-27-22-35(30-41(40)45)29-33-14-7-5-8-15-33/h3-5,7-8,10-11,14-27,30H,1-2,6,9,12-13,28-29,31H2. The predicted octanol–water partition coefficient (Wildman–Crippen LogP) is 10.6. The zero-order valence-corrected chi connectivity index (χ0v) is 27.7. The highest BCUT2D eigenvalue weighted by Gasteiger charge is 2.17. The first-order chi connectivity index (χ1) is 24.0. The molecule has 4 nitrogen and oxygen atoms in total. The van der Waals surface area contributed by atoms with Gasteiger partial charge >= 0.3 is 11.9 Å². The Morgan fingerprint density at radius 3 is 1.71 bits per heavy atom. The lowest BCUT2D eigenvalue weighted by atomic mass is 9.84. The summed E-state index contributed by atoms with van der Waals surface area (Å²) in [5.41, 5.74) is 9.46. The molecule has 0 aliphatic rings. The largest absolute Gasteiger partial charge is 0.463 e. The average molecular weight is 645 g/mol. The molecule has 0 radical (unpaired) electrons. The van der Waals surface area contributed by atoms with Crippen molar-refractivity contribution in [2.75, 3.05) is 6.61 Å². The first kappa shape index (κ1) is 33.2. The minimum atomic E-state index is -0.431. The number of rotatable bonds is 14. The van der Waals surface area contributed by atoms with Crippen LogP contribution in [0.5, 0.6) is 0 Å². The highest BCUT2D eigenvalue weighted by Crippen LogP contribution is 2.44. The van der Waals surface area contributed by atoms with Crippen LogP contribution >= 0.6 is 0 Å². The van der Waals surface area contributed by atoms with Crippen LogP contribution < -0.4 is 0 Å². The lowest BCUT2D eigenvalue weighted by Crippen LogP contribution is -2.01. The second kappa shape index (κ2) is 15.9. The summed E-state index contributed by atoms with van der Waals surface area (Å²) in [7, 11) is 0. The number of hydrogen-bond donors (Lipinski definition) is 0. The number of unbranched alkanes of at least 4 members (excludes halogenated alkanes) is 2. The van der Waals surface area contributed by atoms with Gasteiger partial charge in [0.05, 0.1) is 6.61 Å². The summed E-state index contributed by atoms with van der Waals surface area (Å²) in [5.74, 6) is -0.794. The second-order valence-electron chi connectivity index (χ2n) is 12.2. The van der Waals surface area contributed by atoms with Gasteiger partial charge in [0.15, 0.2) is 0 Å². The van der Waals surface area contributed by atoms with Crippen molar-refractivity contribution < 1.29 is 19.1 Å². The average Bonchev–Trinajstić information content (AvgIpc) is 3.15. The van der Waals surface area contributed by atoms with Crippen molar-refractivity contribution in [2.24, 2.45) is 0 Å². The van der Waals surface area contributed by atoms with Crippen LogP contribution in [-0.2, 0) is 38.5 Å². The summed E-state index contributed by atoms with van der Waals surface area (Å²) in [5, 5.41) is 4.80. The fourth-order valence-electron chi connectivity index (χ4n) is 6.45. The van der Waals surface area contributed by atoms with Crippen LogP contribution in [0.25, 0.3) is 43.8 Å². The SMILES string of the molecule is C=CC(=O)OCCCCCc1ccc(-c2c3ccccc3c(-c3ccc(COC(=O)C=C)cc3)c3ccc(Cc4ccccc4)cc23)cc1. The van der Waals surface area contributed by atoms with E-state index >= 15 is 0 Å². The van der Waals surface area contributed by atoms with E-state index in [9.17, 15) is 9.59 Å². The Balaban J connectivity index is 1.38. The fourth-order valence-corrected chi connectivity index (χ4v) is 6.45. The van der Waals surface area contributed by atoms with Crippen LogP contribution in [0.2, 0.25) is 0 Å². The van der Waals surface area contributed by atoms with Crippen LogP contribution in [0, 0.1) is 0 Å². The van der Waals surface area contributed by atoms with Gasteiger partial charge in [0.2, 0.25) is 0 Å². The maximum atomic E-state index is 11.6. The van der Waals surface area contributed by atoms with Gasteiger partial charge in [0.1, 0.15) is 6.61 Å². The second-order valence-corrected chi connectivity index (χ2v) is 12.2. The van der Waals surface area contributed by atoms with Gasteiger partial charge in [-0.2, -0.15) is 0 Å². The summed E-state index contributed by atoms with van der Waals surface area (Å²) in [6.07, 6.45) is 7.08. The third-order valence-electron chi connectivity index (χ3n) is 8.89. The molecule has 0 aliphatic heterocycles. The summed E-state index contributed by atoms with van der Waals surface area (Å²) in [6, 6.07) is 43.4. The number of carbonyl (C=O) groups excluding carboxylic acids is 2. The predicted molar refractivity (Wildman–Crippen MR) is 200 cm³/mol. The van der Waals surface area contributed by atoms with E-state index in [0.717, 1.165) is 43.2 Å². The zero-order chi connectivity index (χ0) is 34.0. The van der Waals surface area contributed by atoms with E-state index in [1.54, 1.807) is 0 Å². The van der Waals surface area contributed by atoms with E-state index in [1.807, 2.05) is 12.1 Å². The van der Waals surface area contributed by atoms with Crippen molar-refractivity contribution >= 4 is 33.5 Å². The molecule has 4 heteroatoms. The summed E-state index contributed by atoms with van der Waals surface area (Å²) < 4.78 is 10.4. The molecule has 0 spiro atoms. The van der Waals surface area contributed by atoms with Crippen molar-refractivity contribution in [2.45, 2.75) is 38.7 Å². The molecule has 0 N–H and O–H groups in total. The number of aryl methyl sites for hydroxylation is 1. The molecule has 0 saturated heterocycles. The van der Waals surface area contributed by atoms with E-state index in [0.29, 0.717) is 6.61 Å². The molecule has 49 heavy (non-hydrogen) atoms. The Morgan fingerprint density at radius 2 is 1.06 bits per heavy atom. The Kier molecular flexibility index (Phi) is 10.8. The molecule has 6 aromatic rings. The van der Waals surface area contributed by atoms with Gasteiger partial charge in [-0.05, 0) is 98.2 Å². The van der Waals surface area contributed by atoms with Crippen LogP contribution in [-0.4, -0.2) is 18.5 Å². The van der Waals surface area contributed by atoms with Crippen LogP contribution in [0.1, 0.15) is 41.5 Å². The van der Waals surface area contributed by atoms with Gasteiger partial charge in [0, 0.05) is 12.2 Å². The van der Waals surface area contributed by atoms with Gasteiger partial charge in [-0.3, -0.25) is 0 Å². The maximum absolute atomic E-state index is 11.6. The first-order valence-electron chi connectivity index (χ1n) is 16.8. The highest BCUT2D eigenvalue weighted by molar-refractivity contribution is 6.21. The fraction of sp³-hybridized carbons (Fsp3) is 0.156. The number of carbonyl (C=O) groups is 2. The number of ether oxygens (including phenoxy) is 2. The summed E-state index contributed by atoms with van der Waals surface area (Å²) in [4.78, 5) is 22.9. The van der Waals surface area contributed by atoms with Crippen LogP contribution in [0.4, 0.5) is 0 Å². The maximum Gasteiger partial charge on any atom is 0.330 e. The van der Waals surface area contributed by atoms with Gasteiger partial charge in [-0.1, -0.05) is 134 Å². The van der Waals surface area contributed by atoms with E-state index < -0.39 is 5.97 Å². The van der Waals surface area contributed by atoms with Gasteiger partial charge in [-0.15, -0.1) is 0 Å². The molecular formula is C45H40O4. The van der Waals surface area contributed by atoms with Crippen molar-refractivity contribution in [3.8, 4) is 22.3 Å². The third kappa shape index (κ3) is 8.05. The van der Waals surface area contributed by atoms with E-state index in [-0.39, 0.29) is 12.6 Å². The molecule has 0 unspecified atom stereocenters. The van der Waals surface area contributed by atoms with Crippen molar-refractivity contribution in [1.82, 2.24) is 0 Å². The normalized spacial score (nSPS) is 10.9. The van der Waals surface area contributed by atoms with Gasteiger partial charge in [0.25, 0.3) is 0 Å². The minimum Gasteiger partial charge on any atom is -0.463 e. The Labute approximate surface area is 288 Å². The molecule has 6 rings (SSSR count). The monoisotopic (exact) mass is 644 g/mol. The highest BCUT2D eigenvalue weighted by atomic mass is 16.5. The van der Waals surface area contributed by atoms with Crippen molar-refractivity contribution in [3.05, 3.63) is 169 Å². The van der Waals surface area contributed by atoms with Crippen LogP contribution in [0.15, 0.2) is 147 Å². The molecule has 0 heterocycles. The molecule has 0 bridgehead atoms. The lowest BCUT2D eigenvalue weighted by molar-refractivity contribution is -0.139. The van der Waals surface area contributed by atoms with Crippen LogP contribution in [0.3, 0.4) is 0 Å². The molecule has 6 aromatic carbocycles. The third-order valence-corrected chi connectivity index (χ3v) is 8.89. The molecule has 0 saturated carbocycles. The number of benzene rings is 6. The molecule has 0 aromatic heterocycles. The Bertz CT molecular complexity index is 2090. The molecule has 244 valence electrons. The molecule has 0 amide bonds. The molecule has 0 fully saturated rings. The molecule has 0 atom stereocenters. The molecular weight excluding hydrogens is 604 g/mol. The topological polar surface area (TPSA) is 52.6 Å². The smallest absolute Gasteiger partial charge is 0.330 e. The van der Waals surface area contributed by atoms with E-state index in [4.69, 9.17) is 9.47 Å². The Morgan fingerprint density at radius 1 is 0.510 bits per heavy atom. The quantitative estimate of drug-likeness (QED) is 0.0512. The number of esters is 2. The Hall–Kier alpha value is -5.74. The van der Waals surface area contributed by atoms with E-state index in [2.05, 4.69) is 122 Å². The minimum absolute atomic E-state index is 0.204. The summed E-state index contributed by atoms with van der Waals surface area (Å²) >= 11 is 0. The van der Waals surface area contributed by atoms with Crippen molar-refractivity contribution in [1.29, 1.82) is 0 Å². The van der Waals surface area contributed by atoms with Gasteiger partial charge in [-0.25, -0.2) is 9.59 Å².